The maximum atomic E-state index is 12.1. The molecule has 0 amide bonds. The number of hydrogen-bond acceptors (Lipinski definition) is 5. The molecule has 0 saturated heterocycles. The maximum absolute atomic E-state index is 12.1. The Kier molecular flexibility index (Phi) is 4.62. The third-order valence-electron chi connectivity index (χ3n) is 3.97. The van der Waals surface area contributed by atoms with Gasteiger partial charge in [0, 0.05) is 28.9 Å². The monoisotopic (exact) mass is 292 g/mol. The Labute approximate surface area is 121 Å². The van der Waals surface area contributed by atoms with E-state index in [1.54, 1.807) is 6.07 Å². The second-order valence-corrected chi connectivity index (χ2v) is 5.26. The summed E-state index contributed by atoms with van der Waals surface area (Å²) in [6, 6.07) is 5.99. The molecule has 7 nitrogen and oxygen atoms in total. The van der Waals surface area contributed by atoms with Gasteiger partial charge < -0.3 is 0 Å². The second kappa shape index (κ2) is 6.43. The largest absolute Gasteiger partial charge is 0.299 e. The molecule has 0 spiro atoms. The lowest BCUT2D eigenvalue weighted by Crippen LogP contribution is -2.30. The van der Waals surface area contributed by atoms with Crippen LogP contribution in [0.3, 0.4) is 0 Å². The molecule has 0 aromatic heterocycles. The van der Waals surface area contributed by atoms with Crippen LogP contribution in [0.4, 0.5) is 5.69 Å². The molecule has 0 radical (unpaired) electrons. The molecule has 2 atom stereocenters. The molecule has 2 rings (SSSR count). The molecule has 1 aliphatic rings. The zero-order valence-corrected chi connectivity index (χ0v) is 11.4. The number of ketones is 1. The molecule has 0 heterocycles. The number of hydrogen-bond donors (Lipinski definition) is 0. The summed E-state index contributed by atoms with van der Waals surface area (Å²) in [6.45, 7) is -0.457. The molecule has 1 aromatic carbocycles. The van der Waals surface area contributed by atoms with Crippen LogP contribution in [0.25, 0.3) is 0 Å². The van der Waals surface area contributed by atoms with Gasteiger partial charge in [-0.2, -0.15) is 0 Å². The van der Waals surface area contributed by atoms with Crippen molar-refractivity contribution in [2.24, 2.45) is 5.92 Å². The Morgan fingerprint density at radius 2 is 1.90 bits per heavy atom. The zero-order valence-electron chi connectivity index (χ0n) is 11.4. The summed E-state index contributed by atoms with van der Waals surface area (Å²) in [5.74, 6) is -1.24. The minimum atomic E-state index is -0.727. The Hall–Kier alpha value is -2.31. The molecule has 112 valence electrons. The van der Waals surface area contributed by atoms with Crippen LogP contribution in [0.1, 0.15) is 37.2 Å². The summed E-state index contributed by atoms with van der Waals surface area (Å²) in [7, 11) is 0. The Balaban J connectivity index is 2.42. The van der Waals surface area contributed by atoms with E-state index in [0.717, 1.165) is 12.8 Å². The number of carbonyl (C=O) groups excluding carboxylic acids is 1. The van der Waals surface area contributed by atoms with Gasteiger partial charge in [-0.25, -0.2) is 0 Å². The number of benzene rings is 1. The first-order valence-electron chi connectivity index (χ1n) is 6.88. The number of para-hydroxylation sites is 1. The fraction of sp³-hybridized carbons (Fsp3) is 0.500. The highest BCUT2D eigenvalue weighted by Gasteiger charge is 2.37. The summed E-state index contributed by atoms with van der Waals surface area (Å²) in [4.78, 5) is 33.1. The standard InChI is InChI=1S/C14H16N2O5/c17-14-8-4-2-6-11(14)12(9-15(18)19)10-5-1-3-7-13(10)16(20)21/h1,3,5,7,11-12H,2,4,6,8-9H2/t11-,12-/m0/s1. The quantitative estimate of drug-likeness (QED) is 0.613. The van der Waals surface area contributed by atoms with E-state index < -0.39 is 28.2 Å². The lowest BCUT2D eigenvalue weighted by Gasteiger charge is -2.26. The van der Waals surface area contributed by atoms with E-state index in [-0.39, 0.29) is 11.5 Å². The molecule has 0 N–H and O–H groups in total. The fourth-order valence-electron chi connectivity index (χ4n) is 3.01. The van der Waals surface area contributed by atoms with Gasteiger partial charge in [0.1, 0.15) is 5.78 Å². The van der Waals surface area contributed by atoms with Crippen molar-refractivity contribution in [2.75, 3.05) is 6.54 Å². The molecule has 1 aliphatic carbocycles. The number of nitro benzene ring substituents is 1. The van der Waals surface area contributed by atoms with Crippen LogP contribution in [0.2, 0.25) is 0 Å². The van der Waals surface area contributed by atoms with Crippen molar-refractivity contribution in [3.63, 3.8) is 0 Å². The molecule has 1 saturated carbocycles. The molecular weight excluding hydrogens is 276 g/mol. The van der Waals surface area contributed by atoms with Crippen LogP contribution in [-0.2, 0) is 4.79 Å². The molecule has 0 aliphatic heterocycles. The lowest BCUT2D eigenvalue weighted by molar-refractivity contribution is -0.485. The van der Waals surface area contributed by atoms with E-state index in [9.17, 15) is 25.0 Å². The van der Waals surface area contributed by atoms with Crippen molar-refractivity contribution in [1.29, 1.82) is 0 Å². The van der Waals surface area contributed by atoms with E-state index in [2.05, 4.69) is 0 Å². The van der Waals surface area contributed by atoms with Gasteiger partial charge in [0.25, 0.3) is 5.69 Å². The van der Waals surface area contributed by atoms with E-state index in [1.807, 2.05) is 0 Å². The fourth-order valence-corrected chi connectivity index (χ4v) is 3.01. The highest BCUT2D eigenvalue weighted by molar-refractivity contribution is 5.82. The van der Waals surface area contributed by atoms with Crippen molar-refractivity contribution < 1.29 is 14.6 Å². The summed E-state index contributed by atoms with van der Waals surface area (Å²) in [5.41, 5.74) is 0.141. The topological polar surface area (TPSA) is 103 Å². The van der Waals surface area contributed by atoms with E-state index in [4.69, 9.17) is 0 Å². The first-order valence-corrected chi connectivity index (χ1v) is 6.88. The van der Waals surface area contributed by atoms with Gasteiger partial charge in [-0.1, -0.05) is 24.6 Å². The van der Waals surface area contributed by atoms with Crippen molar-refractivity contribution in [2.45, 2.75) is 31.6 Å². The Morgan fingerprint density at radius 3 is 2.52 bits per heavy atom. The van der Waals surface area contributed by atoms with Crippen molar-refractivity contribution in [1.82, 2.24) is 0 Å². The number of nitro groups is 2. The Morgan fingerprint density at radius 1 is 1.19 bits per heavy atom. The number of carbonyl (C=O) groups is 1. The van der Waals surface area contributed by atoms with E-state index in [0.29, 0.717) is 18.4 Å². The van der Waals surface area contributed by atoms with Gasteiger partial charge in [-0.3, -0.25) is 25.0 Å². The van der Waals surface area contributed by atoms with Gasteiger partial charge in [0.05, 0.1) is 10.8 Å². The minimum Gasteiger partial charge on any atom is -0.299 e. The van der Waals surface area contributed by atoms with Crippen molar-refractivity contribution in [3.05, 3.63) is 50.1 Å². The van der Waals surface area contributed by atoms with Gasteiger partial charge in [-0.15, -0.1) is 0 Å². The zero-order chi connectivity index (χ0) is 15.4. The van der Waals surface area contributed by atoms with Crippen LogP contribution in [0.15, 0.2) is 24.3 Å². The molecule has 1 fully saturated rings. The number of nitrogens with zero attached hydrogens (tertiary/aromatic N) is 2. The maximum Gasteiger partial charge on any atom is 0.273 e. The predicted molar refractivity (Wildman–Crippen MR) is 74.7 cm³/mol. The summed E-state index contributed by atoms with van der Waals surface area (Å²) < 4.78 is 0. The third-order valence-corrected chi connectivity index (χ3v) is 3.97. The summed E-state index contributed by atoms with van der Waals surface area (Å²) in [5, 5.41) is 22.1. The van der Waals surface area contributed by atoms with Crippen LogP contribution in [0.5, 0.6) is 0 Å². The average Bonchev–Trinajstić information content (AvgIpc) is 2.45. The van der Waals surface area contributed by atoms with Gasteiger partial charge in [0.15, 0.2) is 0 Å². The minimum absolute atomic E-state index is 0.0220. The molecule has 7 heteroatoms. The second-order valence-electron chi connectivity index (χ2n) is 5.26. The third kappa shape index (κ3) is 3.42. The van der Waals surface area contributed by atoms with Gasteiger partial charge in [-0.05, 0) is 12.8 Å². The van der Waals surface area contributed by atoms with Crippen LogP contribution in [0, 0.1) is 26.1 Å². The molecule has 0 unspecified atom stereocenters. The first-order chi connectivity index (χ1) is 10.0. The first kappa shape index (κ1) is 15.1. The molecule has 1 aromatic rings. The SMILES string of the molecule is O=C1CCCC[C@H]1[C@@H](C[N+](=O)[O-])c1ccccc1[N+](=O)[O-]. The molecular formula is C14H16N2O5. The normalized spacial score (nSPS) is 20.0. The smallest absolute Gasteiger partial charge is 0.273 e. The van der Waals surface area contributed by atoms with Crippen LogP contribution < -0.4 is 0 Å². The number of Topliss-reactive ketones (excluding diaryl/α,β-unsaturated/α-hetero) is 1. The molecule has 21 heavy (non-hydrogen) atoms. The highest BCUT2D eigenvalue weighted by Crippen LogP contribution is 2.37. The highest BCUT2D eigenvalue weighted by atomic mass is 16.6. The van der Waals surface area contributed by atoms with Gasteiger partial charge in [0.2, 0.25) is 6.54 Å². The summed E-state index contributed by atoms with van der Waals surface area (Å²) >= 11 is 0. The lowest BCUT2D eigenvalue weighted by atomic mass is 9.75. The van der Waals surface area contributed by atoms with Crippen LogP contribution >= 0.6 is 0 Å². The van der Waals surface area contributed by atoms with Crippen molar-refractivity contribution in [3.8, 4) is 0 Å². The van der Waals surface area contributed by atoms with Crippen molar-refractivity contribution >= 4 is 11.5 Å². The van der Waals surface area contributed by atoms with E-state index in [1.165, 1.54) is 18.2 Å². The summed E-state index contributed by atoms with van der Waals surface area (Å²) in [6.07, 6.45) is 2.57. The Bertz CT molecular complexity index is 572. The average molecular weight is 292 g/mol. The van der Waals surface area contributed by atoms with E-state index >= 15 is 0 Å². The molecule has 0 bridgehead atoms. The number of rotatable bonds is 5. The predicted octanol–water partition coefficient (Wildman–Crippen LogP) is 2.71. The van der Waals surface area contributed by atoms with Gasteiger partial charge >= 0.3 is 0 Å². The van der Waals surface area contributed by atoms with Crippen LogP contribution in [-0.4, -0.2) is 22.2 Å².